The number of carbonyl (C=O) groups is 1. The lowest BCUT2D eigenvalue weighted by Crippen LogP contribution is -2.48. The maximum atomic E-state index is 12.9. The molecule has 1 N–H and O–H groups in total. The third kappa shape index (κ3) is 4.66. The molecule has 0 saturated carbocycles. The maximum absolute atomic E-state index is 12.9. The van der Waals surface area contributed by atoms with Crippen LogP contribution in [0.15, 0.2) is 42.6 Å². The van der Waals surface area contributed by atoms with Gasteiger partial charge in [-0.1, -0.05) is 13.8 Å². The molecule has 0 aliphatic carbocycles. The van der Waals surface area contributed by atoms with Gasteiger partial charge in [0, 0.05) is 12.6 Å². The van der Waals surface area contributed by atoms with E-state index in [-0.39, 0.29) is 23.4 Å². The first-order valence-corrected chi connectivity index (χ1v) is 10.6. The Labute approximate surface area is 163 Å². The van der Waals surface area contributed by atoms with Gasteiger partial charge in [-0.15, -0.1) is 0 Å². The first kappa shape index (κ1) is 20.2. The van der Waals surface area contributed by atoms with Crippen molar-refractivity contribution in [3.8, 4) is 11.6 Å². The monoisotopic (exact) mass is 407 g/mol. The summed E-state index contributed by atoms with van der Waals surface area (Å²) in [5, 5.41) is 2.72. The summed E-state index contributed by atoms with van der Waals surface area (Å²) in [6, 6.07) is 7.93. The van der Waals surface area contributed by atoms with E-state index in [2.05, 4.69) is 10.3 Å². The average Bonchev–Trinajstić information content (AvgIpc) is 2.97. The fraction of sp³-hybridized carbons (Fsp3) is 0.368. The molecule has 9 heteroatoms. The van der Waals surface area contributed by atoms with Crippen molar-refractivity contribution in [2.24, 2.45) is 5.92 Å². The quantitative estimate of drug-likeness (QED) is 0.795. The predicted octanol–water partition coefficient (Wildman–Crippen LogP) is 3.01. The van der Waals surface area contributed by atoms with Crippen LogP contribution < -0.4 is 10.1 Å². The van der Waals surface area contributed by atoms with E-state index in [1.54, 1.807) is 12.1 Å². The van der Waals surface area contributed by atoms with Crippen LogP contribution in [0.5, 0.6) is 11.6 Å². The van der Waals surface area contributed by atoms with E-state index in [1.807, 2.05) is 13.8 Å². The van der Waals surface area contributed by atoms with E-state index in [0.717, 1.165) is 0 Å². The van der Waals surface area contributed by atoms with Gasteiger partial charge in [0.05, 0.1) is 17.6 Å². The van der Waals surface area contributed by atoms with Gasteiger partial charge in [-0.2, -0.15) is 4.31 Å². The Morgan fingerprint density at radius 3 is 2.46 bits per heavy atom. The van der Waals surface area contributed by atoms with Crippen LogP contribution in [0.3, 0.4) is 0 Å². The second-order valence-corrected chi connectivity index (χ2v) is 8.94. The number of rotatable bonds is 6. The summed E-state index contributed by atoms with van der Waals surface area (Å²) in [6.07, 6.45) is 1.95. The topological polar surface area (TPSA) is 88.6 Å². The highest BCUT2D eigenvalue weighted by Gasteiger charge is 2.39. The molecule has 1 aromatic heterocycles. The Balaban J connectivity index is 1.68. The first-order chi connectivity index (χ1) is 13.3. The van der Waals surface area contributed by atoms with E-state index in [9.17, 15) is 17.6 Å². The molecule has 0 unspecified atom stereocenters. The molecule has 1 aliphatic rings. The zero-order valence-corrected chi connectivity index (χ0v) is 16.4. The van der Waals surface area contributed by atoms with Gasteiger partial charge in [0.1, 0.15) is 17.6 Å². The van der Waals surface area contributed by atoms with Gasteiger partial charge in [-0.05, 0) is 42.7 Å². The molecule has 1 saturated heterocycles. The first-order valence-electron chi connectivity index (χ1n) is 8.96. The number of anilines is 1. The molecule has 7 nitrogen and oxygen atoms in total. The van der Waals surface area contributed by atoms with Crippen molar-refractivity contribution in [1.82, 2.24) is 9.29 Å². The molecule has 150 valence electrons. The van der Waals surface area contributed by atoms with E-state index in [0.29, 0.717) is 24.4 Å². The van der Waals surface area contributed by atoms with E-state index >= 15 is 0 Å². The molecule has 3 rings (SSSR count). The molecule has 1 atom stereocenters. The Bertz CT molecular complexity index is 931. The summed E-state index contributed by atoms with van der Waals surface area (Å²) >= 11 is 0. The molecule has 2 aromatic rings. The van der Waals surface area contributed by atoms with Gasteiger partial charge in [0.15, 0.2) is 0 Å². The number of nitrogens with one attached hydrogen (secondary N) is 1. The van der Waals surface area contributed by atoms with Crippen molar-refractivity contribution in [3.63, 3.8) is 0 Å². The third-order valence-electron chi connectivity index (χ3n) is 4.39. The number of benzene rings is 1. The number of halogens is 1. The van der Waals surface area contributed by atoms with Crippen LogP contribution in [0.2, 0.25) is 0 Å². The highest BCUT2D eigenvalue weighted by atomic mass is 32.2. The third-order valence-corrected chi connectivity index (χ3v) is 6.32. The highest BCUT2D eigenvalue weighted by molar-refractivity contribution is 7.89. The Morgan fingerprint density at radius 1 is 1.21 bits per heavy atom. The van der Waals surface area contributed by atoms with Crippen LogP contribution in [0.25, 0.3) is 0 Å². The van der Waals surface area contributed by atoms with E-state index in [4.69, 9.17) is 4.74 Å². The Kier molecular flexibility index (Phi) is 5.95. The van der Waals surface area contributed by atoms with Crippen molar-refractivity contribution in [1.29, 1.82) is 0 Å². The number of pyridine rings is 1. The van der Waals surface area contributed by atoms with Crippen LogP contribution in [0.1, 0.15) is 20.3 Å². The minimum atomic E-state index is -3.40. The number of amides is 1. The molecule has 28 heavy (non-hydrogen) atoms. The van der Waals surface area contributed by atoms with Gasteiger partial charge in [-0.3, -0.25) is 4.79 Å². The van der Waals surface area contributed by atoms with Crippen molar-refractivity contribution in [2.75, 3.05) is 17.6 Å². The maximum Gasteiger partial charge on any atom is 0.243 e. The number of sulfonamides is 1. The lowest BCUT2D eigenvalue weighted by atomic mass is 10.0. The smallest absolute Gasteiger partial charge is 0.243 e. The molecule has 1 amide bonds. The standard InChI is InChI=1S/C19H22FN3O4S/c1-13(2)18(23-10-3-11-28(23,25)26)19(24)22-15-6-9-17(21-12-15)27-16-7-4-14(20)5-8-16/h4-9,12-13,18H,3,10-11H2,1-2H3,(H,22,24)/t18-/m0/s1. The summed E-state index contributed by atoms with van der Waals surface area (Å²) < 4.78 is 44.1. The molecular formula is C19H22FN3O4S. The SMILES string of the molecule is CC(C)[C@@H](C(=O)Nc1ccc(Oc2ccc(F)cc2)nc1)N1CCCS1(=O)=O. The number of aromatic nitrogens is 1. The lowest BCUT2D eigenvalue weighted by molar-refractivity contribution is -0.120. The van der Waals surface area contributed by atoms with Crippen LogP contribution >= 0.6 is 0 Å². The fourth-order valence-electron chi connectivity index (χ4n) is 3.09. The van der Waals surface area contributed by atoms with Crippen molar-refractivity contribution in [2.45, 2.75) is 26.3 Å². The highest BCUT2D eigenvalue weighted by Crippen LogP contribution is 2.24. The summed E-state index contributed by atoms with van der Waals surface area (Å²) in [6.45, 7) is 3.98. The predicted molar refractivity (Wildman–Crippen MR) is 103 cm³/mol. The lowest BCUT2D eigenvalue weighted by Gasteiger charge is -2.28. The van der Waals surface area contributed by atoms with Gasteiger partial charge in [0.2, 0.25) is 21.8 Å². The molecule has 1 fully saturated rings. The largest absolute Gasteiger partial charge is 0.439 e. The van der Waals surface area contributed by atoms with Gasteiger partial charge in [-0.25, -0.2) is 17.8 Å². The molecule has 1 aliphatic heterocycles. The molecule has 0 spiro atoms. The van der Waals surface area contributed by atoms with Gasteiger partial charge < -0.3 is 10.1 Å². The Morgan fingerprint density at radius 2 is 1.93 bits per heavy atom. The van der Waals surface area contributed by atoms with Crippen LogP contribution in [-0.4, -0.2) is 42.0 Å². The van der Waals surface area contributed by atoms with Crippen LogP contribution in [-0.2, 0) is 14.8 Å². The number of hydrogen-bond donors (Lipinski definition) is 1. The Hall–Kier alpha value is -2.52. The fourth-order valence-corrected chi connectivity index (χ4v) is 4.91. The molecular weight excluding hydrogens is 385 g/mol. The minimum absolute atomic E-state index is 0.0699. The van der Waals surface area contributed by atoms with Crippen LogP contribution in [0.4, 0.5) is 10.1 Å². The summed E-state index contributed by atoms with van der Waals surface area (Å²) in [7, 11) is -3.40. The van der Waals surface area contributed by atoms with Crippen molar-refractivity contribution >= 4 is 21.6 Å². The van der Waals surface area contributed by atoms with Crippen molar-refractivity contribution in [3.05, 3.63) is 48.4 Å². The van der Waals surface area contributed by atoms with E-state index < -0.39 is 22.0 Å². The zero-order chi connectivity index (χ0) is 20.3. The normalized spacial score (nSPS) is 17.4. The second kappa shape index (κ2) is 8.24. The zero-order valence-electron chi connectivity index (χ0n) is 15.6. The van der Waals surface area contributed by atoms with Gasteiger partial charge >= 0.3 is 0 Å². The van der Waals surface area contributed by atoms with Crippen LogP contribution in [0, 0.1) is 11.7 Å². The minimum Gasteiger partial charge on any atom is -0.439 e. The number of carbonyl (C=O) groups excluding carboxylic acids is 1. The summed E-state index contributed by atoms with van der Waals surface area (Å²) in [5.41, 5.74) is 0.429. The van der Waals surface area contributed by atoms with E-state index in [1.165, 1.54) is 34.8 Å². The second-order valence-electron chi connectivity index (χ2n) is 6.90. The molecule has 2 heterocycles. The number of hydrogen-bond acceptors (Lipinski definition) is 5. The number of nitrogens with zero attached hydrogens (tertiary/aromatic N) is 2. The van der Waals surface area contributed by atoms with Gasteiger partial charge in [0.25, 0.3) is 0 Å². The number of ether oxygens (including phenoxy) is 1. The summed E-state index contributed by atoms with van der Waals surface area (Å²) in [4.78, 5) is 16.8. The average molecular weight is 407 g/mol. The summed E-state index contributed by atoms with van der Waals surface area (Å²) in [5.74, 6) is -0.146. The molecule has 0 radical (unpaired) electrons. The van der Waals surface area contributed by atoms with Crippen molar-refractivity contribution < 1.29 is 22.3 Å². The molecule has 1 aromatic carbocycles. The molecule has 0 bridgehead atoms.